The number of amides is 2. The molecule has 2 aliphatic carbocycles. The minimum absolute atomic E-state index is 0.0399. The van der Waals surface area contributed by atoms with E-state index in [-0.39, 0.29) is 23.8 Å². The van der Waals surface area contributed by atoms with Crippen molar-refractivity contribution in [3.8, 4) is 17.9 Å². The number of nitrogens with zero attached hydrogens (tertiary/aromatic N) is 5. The van der Waals surface area contributed by atoms with Crippen molar-refractivity contribution in [1.82, 2.24) is 25.1 Å². The van der Waals surface area contributed by atoms with Gasteiger partial charge in [0.05, 0.1) is 23.4 Å². The van der Waals surface area contributed by atoms with Crippen molar-refractivity contribution in [2.45, 2.75) is 50.7 Å². The number of hydrogen-bond acceptors (Lipinski definition) is 8. The van der Waals surface area contributed by atoms with Crippen LogP contribution in [-0.4, -0.2) is 77.4 Å². The average Bonchev–Trinajstić information content (AvgIpc) is 3.73. The number of hydrogen-bond donors (Lipinski definition) is 3. The Morgan fingerprint density at radius 3 is 2.67 bits per heavy atom. The maximum absolute atomic E-state index is 12.7. The molecule has 0 bridgehead atoms. The number of nitriles is 1. The first-order valence-electron chi connectivity index (χ1n) is 13.5. The zero-order valence-corrected chi connectivity index (χ0v) is 23.4. The summed E-state index contributed by atoms with van der Waals surface area (Å²) in [4.78, 5) is 37.5. The molecular weight excluding hydrogens is 504 g/mol. The minimum Gasteiger partial charge on any atom is -0.366 e. The molecule has 40 heavy (non-hydrogen) atoms. The van der Waals surface area contributed by atoms with E-state index in [1.807, 2.05) is 31.1 Å². The van der Waals surface area contributed by atoms with Gasteiger partial charge in [-0.1, -0.05) is 24.0 Å². The molecule has 0 saturated heterocycles. The number of nitrogens with one attached hydrogen (secondary N) is 3. The lowest BCUT2D eigenvalue weighted by atomic mass is 9.80. The fraction of sp³-hybridized carbons (Fsp3) is 0.433. The van der Waals surface area contributed by atoms with E-state index in [1.54, 1.807) is 38.4 Å². The molecule has 2 saturated carbocycles. The van der Waals surface area contributed by atoms with E-state index in [9.17, 15) is 9.59 Å². The Balaban J connectivity index is 1.31. The second-order valence-corrected chi connectivity index (χ2v) is 10.6. The SMILES string of the molecule is C[C@@H](C(=O)NC1CC(C#Cc2cnc(Nc3cccc(C#N)c3)nc2NC2CC2)C1)N(C)C(=O)/C=C/CN(C)C. The summed E-state index contributed by atoms with van der Waals surface area (Å²) in [5.74, 6) is 7.45. The highest BCUT2D eigenvalue weighted by molar-refractivity contribution is 5.92. The number of carbonyl (C=O) groups is 2. The van der Waals surface area contributed by atoms with Crippen LogP contribution in [0.1, 0.15) is 43.7 Å². The zero-order chi connectivity index (χ0) is 28.6. The molecule has 10 heteroatoms. The second-order valence-electron chi connectivity index (χ2n) is 10.6. The third-order valence-corrected chi connectivity index (χ3v) is 6.89. The molecule has 0 unspecified atom stereocenters. The van der Waals surface area contributed by atoms with Crippen LogP contribution in [0.15, 0.2) is 42.6 Å². The first-order chi connectivity index (χ1) is 19.2. The minimum atomic E-state index is -0.565. The molecule has 10 nitrogen and oxygen atoms in total. The molecule has 4 rings (SSSR count). The van der Waals surface area contributed by atoms with Crippen LogP contribution in [-0.2, 0) is 9.59 Å². The number of carbonyl (C=O) groups excluding carboxylic acids is 2. The van der Waals surface area contributed by atoms with Gasteiger partial charge in [-0.3, -0.25) is 9.59 Å². The van der Waals surface area contributed by atoms with Crippen molar-refractivity contribution in [1.29, 1.82) is 5.26 Å². The fourth-order valence-corrected chi connectivity index (χ4v) is 4.06. The molecule has 2 aromatic rings. The van der Waals surface area contributed by atoms with Crippen LogP contribution in [0, 0.1) is 29.1 Å². The van der Waals surface area contributed by atoms with Crippen molar-refractivity contribution >= 4 is 29.3 Å². The van der Waals surface area contributed by atoms with E-state index in [4.69, 9.17) is 5.26 Å². The predicted molar refractivity (Wildman–Crippen MR) is 155 cm³/mol. The van der Waals surface area contributed by atoms with Crippen LogP contribution in [0.2, 0.25) is 0 Å². The normalized spacial score (nSPS) is 18.6. The van der Waals surface area contributed by atoms with Crippen molar-refractivity contribution in [3.05, 3.63) is 53.7 Å². The summed E-state index contributed by atoms with van der Waals surface area (Å²) >= 11 is 0. The molecule has 0 aliphatic heterocycles. The average molecular weight is 541 g/mol. The summed E-state index contributed by atoms with van der Waals surface area (Å²) in [6.45, 7) is 2.39. The van der Waals surface area contributed by atoms with Gasteiger partial charge < -0.3 is 25.8 Å². The first kappa shape index (κ1) is 28.6. The van der Waals surface area contributed by atoms with Gasteiger partial charge in [-0.15, -0.1) is 0 Å². The lowest BCUT2D eigenvalue weighted by Gasteiger charge is -2.34. The maximum atomic E-state index is 12.7. The zero-order valence-electron chi connectivity index (χ0n) is 23.4. The van der Waals surface area contributed by atoms with Gasteiger partial charge in [0.2, 0.25) is 17.8 Å². The third kappa shape index (κ3) is 8.05. The lowest BCUT2D eigenvalue weighted by Crippen LogP contribution is -2.51. The molecule has 2 aliphatic rings. The van der Waals surface area contributed by atoms with Gasteiger partial charge in [0.1, 0.15) is 11.9 Å². The number of anilines is 3. The number of benzene rings is 1. The van der Waals surface area contributed by atoms with Crippen LogP contribution in [0.5, 0.6) is 0 Å². The van der Waals surface area contributed by atoms with Crippen LogP contribution in [0.25, 0.3) is 0 Å². The smallest absolute Gasteiger partial charge is 0.246 e. The quantitative estimate of drug-likeness (QED) is 0.310. The van der Waals surface area contributed by atoms with Gasteiger partial charge in [0.25, 0.3) is 0 Å². The standard InChI is InChI=1S/C30H36N8O2/c1-20(38(4)27(39)9-6-14-37(2)3)29(40)34-26-15-21(16-26)10-11-23-19-32-30(36-28(23)33-24-12-13-24)35-25-8-5-7-22(17-25)18-31/h5-9,17,19-21,24,26H,12-16H2,1-4H3,(H,34,40)(H2,32,33,35,36)/b9-6+/t20-,21?,26?/m0/s1. The Labute approximate surface area is 235 Å². The Morgan fingerprint density at radius 2 is 1.98 bits per heavy atom. The number of rotatable bonds is 10. The molecule has 0 radical (unpaired) electrons. The van der Waals surface area contributed by atoms with E-state index in [0.717, 1.165) is 36.9 Å². The molecule has 0 spiro atoms. The van der Waals surface area contributed by atoms with Gasteiger partial charge in [-0.2, -0.15) is 10.2 Å². The largest absolute Gasteiger partial charge is 0.366 e. The fourth-order valence-electron chi connectivity index (χ4n) is 4.06. The summed E-state index contributed by atoms with van der Waals surface area (Å²) in [6, 6.07) is 9.15. The topological polar surface area (TPSA) is 126 Å². The molecule has 208 valence electrons. The Hall–Kier alpha value is -4.41. The van der Waals surface area contributed by atoms with E-state index >= 15 is 0 Å². The van der Waals surface area contributed by atoms with E-state index < -0.39 is 6.04 Å². The summed E-state index contributed by atoms with van der Waals surface area (Å²) in [5.41, 5.74) is 2.02. The number of aromatic nitrogens is 2. The Morgan fingerprint density at radius 1 is 1.20 bits per heavy atom. The van der Waals surface area contributed by atoms with Gasteiger partial charge in [0, 0.05) is 43.4 Å². The molecule has 3 N–H and O–H groups in total. The highest BCUT2D eigenvalue weighted by atomic mass is 16.2. The van der Waals surface area contributed by atoms with Crippen LogP contribution < -0.4 is 16.0 Å². The summed E-state index contributed by atoms with van der Waals surface area (Å²) in [7, 11) is 5.49. The van der Waals surface area contributed by atoms with Crippen molar-refractivity contribution < 1.29 is 9.59 Å². The van der Waals surface area contributed by atoms with Crippen molar-refractivity contribution in [2.75, 3.05) is 38.3 Å². The van der Waals surface area contributed by atoms with Crippen LogP contribution >= 0.6 is 0 Å². The molecule has 1 aromatic carbocycles. The summed E-state index contributed by atoms with van der Waals surface area (Å²) < 4.78 is 0. The maximum Gasteiger partial charge on any atom is 0.246 e. The van der Waals surface area contributed by atoms with Crippen molar-refractivity contribution in [3.63, 3.8) is 0 Å². The van der Waals surface area contributed by atoms with E-state index in [0.29, 0.717) is 29.9 Å². The van der Waals surface area contributed by atoms with Crippen LogP contribution in [0.4, 0.5) is 17.5 Å². The predicted octanol–water partition coefficient (Wildman–Crippen LogP) is 2.88. The van der Waals surface area contributed by atoms with Crippen LogP contribution in [0.3, 0.4) is 0 Å². The third-order valence-electron chi connectivity index (χ3n) is 6.89. The van der Waals surface area contributed by atoms with Gasteiger partial charge in [-0.05, 0) is 64.9 Å². The number of likely N-dealkylation sites (N-methyl/N-ethyl adjacent to an activating group) is 2. The lowest BCUT2D eigenvalue weighted by molar-refractivity contribution is -0.135. The molecule has 1 aromatic heterocycles. The van der Waals surface area contributed by atoms with Gasteiger partial charge in [0.15, 0.2) is 0 Å². The second kappa shape index (κ2) is 13.1. The van der Waals surface area contributed by atoms with E-state index in [1.165, 1.54) is 11.0 Å². The first-order valence-corrected chi connectivity index (χ1v) is 13.5. The van der Waals surface area contributed by atoms with E-state index in [2.05, 4.69) is 43.8 Å². The highest BCUT2D eigenvalue weighted by Gasteiger charge is 2.31. The molecular formula is C30H36N8O2. The Kier molecular flexibility index (Phi) is 9.36. The molecule has 2 fully saturated rings. The van der Waals surface area contributed by atoms with Gasteiger partial charge >= 0.3 is 0 Å². The van der Waals surface area contributed by atoms with Gasteiger partial charge in [-0.25, -0.2) is 4.98 Å². The molecule has 2 amide bonds. The Bertz CT molecular complexity index is 1360. The monoisotopic (exact) mass is 540 g/mol. The molecule has 1 atom stereocenters. The molecule has 1 heterocycles. The van der Waals surface area contributed by atoms with Crippen molar-refractivity contribution in [2.24, 2.45) is 5.92 Å². The summed E-state index contributed by atoms with van der Waals surface area (Å²) in [6.07, 6.45) is 8.71. The highest BCUT2D eigenvalue weighted by Crippen LogP contribution is 2.29. The summed E-state index contributed by atoms with van der Waals surface area (Å²) in [5, 5.41) is 18.8.